The number of para-hydroxylation sites is 1. The van der Waals surface area contributed by atoms with Gasteiger partial charge in [0.2, 0.25) is 0 Å². The van der Waals surface area contributed by atoms with Crippen molar-refractivity contribution in [3.63, 3.8) is 0 Å². The first-order chi connectivity index (χ1) is 15.6. The van der Waals surface area contributed by atoms with Crippen molar-refractivity contribution in [3.8, 4) is 0 Å². The molecule has 0 radical (unpaired) electrons. The van der Waals surface area contributed by atoms with Gasteiger partial charge in [-0.15, -0.1) is 0 Å². The number of methoxy groups -OCH3 is 1. The molecule has 6 nitrogen and oxygen atoms in total. The summed E-state index contributed by atoms with van der Waals surface area (Å²) in [5.41, 5.74) is 9.02. The number of aryl methyl sites for hydroxylation is 1. The second-order valence-corrected chi connectivity index (χ2v) is 10.1. The third-order valence-electron chi connectivity index (χ3n) is 5.21. The van der Waals surface area contributed by atoms with Gasteiger partial charge in [0.1, 0.15) is 11.3 Å². The summed E-state index contributed by atoms with van der Waals surface area (Å²) in [5, 5.41) is 1.09. The summed E-state index contributed by atoms with van der Waals surface area (Å²) in [6.45, 7) is 2.41. The quantitative estimate of drug-likeness (QED) is 0.179. The average molecular weight is 579 g/mol. The Morgan fingerprint density at radius 1 is 1.09 bits per heavy atom. The molecule has 0 atom stereocenters. The number of unbranched alkanes of at least 4 members (excludes halogenated alkanes) is 1. The fraction of sp³-hybridized carbons (Fsp3) is 0.304. The van der Waals surface area contributed by atoms with Gasteiger partial charge >= 0.3 is 0 Å². The smallest absolute Gasteiger partial charge is 0.152 e. The van der Waals surface area contributed by atoms with E-state index in [1.54, 1.807) is 19.1 Å². The topological polar surface area (TPSA) is 78.0 Å². The predicted molar refractivity (Wildman–Crippen MR) is 140 cm³/mol. The lowest BCUT2D eigenvalue weighted by Gasteiger charge is -2.11. The number of fused-ring (bicyclic) bond motifs is 3. The lowest BCUT2D eigenvalue weighted by Crippen LogP contribution is -2.10. The van der Waals surface area contributed by atoms with Crippen molar-refractivity contribution in [2.45, 2.75) is 30.7 Å². The molecule has 0 saturated carbocycles. The third-order valence-corrected chi connectivity index (χ3v) is 7.93. The van der Waals surface area contributed by atoms with E-state index >= 15 is 0 Å². The van der Waals surface area contributed by atoms with Crippen molar-refractivity contribution in [3.05, 3.63) is 57.2 Å². The third kappa shape index (κ3) is 5.28. The highest BCUT2D eigenvalue weighted by Crippen LogP contribution is 2.30. The van der Waals surface area contributed by atoms with Crippen LogP contribution in [0.15, 0.2) is 56.3 Å². The fourth-order valence-corrected chi connectivity index (χ4v) is 5.17. The van der Waals surface area contributed by atoms with Crippen LogP contribution in [0.25, 0.3) is 21.9 Å². The van der Waals surface area contributed by atoms with Gasteiger partial charge in [0.15, 0.2) is 5.82 Å². The molecule has 32 heavy (non-hydrogen) atoms. The highest BCUT2D eigenvalue weighted by atomic mass is 79.9. The molecule has 4 rings (SSSR count). The Labute approximate surface area is 208 Å². The maximum atomic E-state index is 6.27. The van der Waals surface area contributed by atoms with E-state index in [4.69, 9.17) is 15.5 Å². The van der Waals surface area contributed by atoms with Crippen molar-refractivity contribution in [1.29, 1.82) is 0 Å². The van der Waals surface area contributed by atoms with Gasteiger partial charge in [-0.2, -0.15) is 0 Å². The van der Waals surface area contributed by atoms with Crippen LogP contribution in [0.2, 0.25) is 0 Å². The van der Waals surface area contributed by atoms with E-state index in [2.05, 4.69) is 64.3 Å². The van der Waals surface area contributed by atoms with Gasteiger partial charge in [-0.1, -0.05) is 18.2 Å². The summed E-state index contributed by atoms with van der Waals surface area (Å²) in [7, 11) is 1.71. The molecule has 2 heterocycles. The molecule has 0 aliphatic heterocycles. The predicted octanol–water partition coefficient (Wildman–Crippen LogP) is 5.96. The van der Waals surface area contributed by atoms with E-state index in [1.807, 2.05) is 24.3 Å². The first-order valence-electron chi connectivity index (χ1n) is 10.5. The maximum absolute atomic E-state index is 6.27. The number of aromatic nitrogens is 3. The lowest BCUT2D eigenvalue weighted by atomic mass is 10.2. The molecule has 0 bridgehead atoms. The Balaban J connectivity index is 1.46. The normalized spacial score (nSPS) is 11.6. The van der Waals surface area contributed by atoms with Gasteiger partial charge in [-0.25, -0.2) is 9.97 Å². The summed E-state index contributed by atoms with van der Waals surface area (Å²) in [6.07, 6.45) is 2.82. The van der Waals surface area contributed by atoms with E-state index in [-0.39, 0.29) is 0 Å². The summed E-state index contributed by atoms with van der Waals surface area (Å²) in [4.78, 5) is 10.6. The standard InChI is InChI=1S/C23H25Br2N5OS/c1-31-13-10-20-29-21-22(16-6-2-3-7-19(16)28-23(21)26)30(20)12-5-4-11-27-32-15-8-9-17(24)18(25)14-15/h2-3,6-9,14,27H,4-5,10-13H2,1H3,(H2,26,28). The molecule has 0 unspecified atom stereocenters. The average Bonchev–Trinajstić information content (AvgIpc) is 3.16. The summed E-state index contributed by atoms with van der Waals surface area (Å²) < 4.78 is 13.2. The Morgan fingerprint density at radius 3 is 2.75 bits per heavy atom. The molecule has 0 aliphatic carbocycles. The second-order valence-electron chi connectivity index (χ2n) is 7.41. The first-order valence-corrected chi connectivity index (χ1v) is 12.9. The number of imidazole rings is 1. The fourth-order valence-electron chi connectivity index (χ4n) is 3.67. The van der Waals surface area contributed by atoms with E-state index in [1.165, 1.54) is 4.90 Å². The largest absolute Gasteiger partial charge is 0.384 e. The van der Waals surface area contributed by atoms with Gasteiger partial charge in [0.25, 0.3) is 0 Å². The molecular formula is C23H25Br2N5OS. The number of hydrogen-bond acceptors (Lipinski definition) is 6. The zero-order valence-corrected chi connectivity index (χ0v) is 21.8. The number of ether oxygens (including phenoxy) is 1. The molecule has 0 spiro atoms. The summed E-state index contributed by atoms with van der Waals surface area (Å²) in [5.74, 6) is 1.48. The second kappa shape index (κ2) is 11.0. The van der Waals surface area contributed by atoms with Crippen molar-refractivity contribution in [1.82, 2.24) is 19.3 Å². The highest BCUT2D eigenvalue weighted by Gasteiger charge is 2.16. The van der Waals surface area contributed by atoms with E-state index in [9.17, 15) is 0 Å². The molecule has 3 N–H and O–H groups in total. The van der Waals surface area contributed by atoms with Crippen molar-refractivity contribution < 1.29 is 4.74 Å². The van der Waals surface area contributed by atoms with Crippen LogP contribution in [-0.2, 0) is 17.7 Å². The number of anilines is 1. The number of nitrogen functional groups attached to an aromatic ring is 1. The number of rotatable bonds is 10. The van der Waals surface area contributed by atoms with Crippen molar-refractivity contribution in [2.24, 2.45) is 0 Å². The molecule has 0 saturated heterocycles. The molecule has 4 aromatic rings. The van der Waals surface area contributed by atoms with Gasteiger partial charge < -0.3 is 15.0 Å². The zero-order chi connectivity index (χ0) is 22.5. The number of pyridine rings is 1. The Kier molecular flexibility index (Phi) is 8.07. The van der Waals surface area contributed by atoms with Gasteiger partial charge in [0.05, 0.1) is 17.6 Å². The molecule has 0 amide bonds. The molecule has 0 fully saturated rings. The maximum Gasteiger partial charge on any atom is 0.152 e. The van der Waals surface area contributed by atoms with Gasteiger partial charge in [-0.3, -0.25) is 4.72 Å². The number of hydrogen-bond donors (Lipinski definition) is 2. The van der Waals surface area contributed by atoms with Crippen LogP contribution in [0.1, 0.15) is 18.7 Å². The van der Waals surface area contributed by atoms with Crippen LogP contribution in [0.4, 0.5) is 5.82 Å². The van der Waals surface area contributed by atoms with Crippen LogP contribution in [0.5, 0.6) is 0 Å². The van der Waals surface area contributed by atoms with Crippen molar-refractivity contribution >= 4 is 71.6 Å². The zero-order valence-electron chi connectivity index (χ0n) is 17.8. The van der Waals surface area contributed by atoms with Crippen molar-refractivity contribution in [2.75, 3.05) is 26.0 Å². The molecular weight excluding hydrogens is 554 g/mol. The molecule has 2 aromatic heterocycles. The number of halogens is 2. The van der Waals surface area contributed by atoms with Crippen LogP contribution in [-0.4, -0.2) is 34.8 Å². The Morgan fingerprint density at radius 2 is 1.94 bits per heavy atom. The summed E-state index contributed by atoms with van der Waals surface area (Å²) >= 11 is 8.70. The number of benzene rings is 2. The monoisotopic (exact) mass is 577 g/mol. The minimum atomic E-state index is 0.481. The van der Waals surface area contributed by atoms with E-state index in [0.29, 0.717) is 12.4 Å². The molecule has 0 aliphatic rings. The molecule has 9 heteroatoms. The minimum Gasteiger partial charge on any atom is -0.384 e. The van der Waals surface area contributed by atoms with Crippen LogP contribution >= 0.6 is 43.8 Å². The number of nitrogens with two attached hydrogens (primary N) is 1. The molecule has 168 valence electrons. The highest BCUT2D eigenvalue weighted by molar-refractivity contribution is 9.13. The van der Waals surface area contributed by atoms with Crippen LogP contribution in [0.3, 0.4) is 0 Å². The van der Waals surface area contributed by atoms with Gasteiger partial charge in [-0.05, 0) is 80.9 Å². The van der Waals surface area contributed by atoms with E-state index in [0.717, 1.165) is 69.1 Å². The Bertz CT molecular complexity index is 1230. The summed E-state index contributed by atoms with van der Waals surface area (Å²) in [6, 6.07) is 14.4. The first kappa shape index (κ1) is 23.5. The minimum absolute atomic E-state index is 0.481. The van der Waals surface area contributed by atoms with E-state index < -0.39 is 0 Å². The number of nitrogens with one attached hydrogen (secondary N) is 1. The van der Waals surface area contributed by atoms with Crippen LogP contribution < -0.4 is 10.5 Å². The molecule has 2 aromatic carbocycles. The number of nitrogens with zero attached hydrogens (tertiary/aromatic N) is 3. The lowest BCUT2D eigenvalue weighted by molar-refractivity contribution is 0.199. The Hall–Kier alpha value is -1.65. The SMILES string of the molecule is COCCc1nc2c(N)nc3ccccc3c2n1CCCCNSc1ccc(Br)c(Br)c1. The van der Waals surface area contributed by atoms with Gasteiger partial charge in [0, 0.05) is 45.8 Å². The van der Waals surface area contributed by atoms with Crippen LogP contribution in [0, 0.1) is 0 Å².